The Morgan fingerprint density at radius 3 is 2.81 bits per heavy atom. The van der Waals surface area contributed by atoms with Gasteiger partial charge in [-0.2, -0.15) is 0 Å². The van der Waals surface area contributed by atoms with Gasteiger partial charge in [-0.25, -0.2) is 4.39 Å². The van der Waals surface area contributed by atoms with Gasteiger partial charge in [0.1, 0.15) is 5.82 Å². The molecule has 0 unspecified atom stereocenters. The third-order valence-corrected chi connectivity index (χ3v) is 2.13. The van der Waals surface area contributed by atoms with E-state index in [1.54, 1.807) is 6.07 Å². The second-order valence-electron chi connectivity index (χ2n) is 3.33. The Labute approximate surface area is 99.0 Å². The van der Waals surface area contributed by atoms with Crippen LogP contribution in [0.2, 0.25) is 5.02 Å². The van der Waals surface area contributed by atoms with Crippen LogP contribution >= 0.6 is 11.6 Å². The van der Waals surface area contributed by atoms with Crippen LogP contribution in [0.4, 0.5) is 4.39 Å². The lowest BCUT2D eigenvalue weighted by Crippen LogP contribution is -2.33. The van der Waals surface area contributed by atoms with Crippen LogP contribution in [0.5, 0.6) is 0 Å². The first-order valence-corrected chi connectivity index (χ1v) is 5.42. The van der Waals surface area contributed by atoms with Crippen LogP contribution in [0.1, 0.15) is 12.5 Å². The first-order valence-electron chi connectivity index (χ1n) is 5.04. The number of hydrogen-bond donors (Lipinski definition) is 2. The first kappa shape index (κ1) is 12.9. The highest BCUT2D eigenvalue weighted by molar-refractivity contribution is 6.30. The van der Waals surface area contributed by atoms with Crippen LogP contribution in [0, 0.1) is 5.82 Å². The maximum absolute atomic E-state index is 12.9. The highest BCUT2D eigenvalue weighted by Gasteiger charge is 2.01. The third-order valence-electron chi connectivity index (χ3n) is 1.91. The van der Waals surface area contributed by atoms with E-state index in [2.05, 4.69) is 10.6 Å². The molecule has 3 nitrogen and oxygen atoms in total. The van der Waals surface area contributed by atoms with Gasteiger partial charge in [0.25, 0.3) is 0 Å². The maximum atomic E-state index is 12.9. The van der Waals surface area contributed by atoms with Gasteiger partial charge < -0.3 is 10.6 Å². The minimum atomic E-state index is -0.373. The van der Waals surface area contributed by atoms with Crippen molar-refractivity contribution in [3.05, 3.63) is 34.6 Å². The van der Waals surface area contributed by atoms with E-state index < -0.39 is 0 Å². The van der Waals surface area contributed by atoms with Crippen molar-refractivity contribution < 1.29 is 9.18 Å². The number of hydrogen-bond acceptors (Lipinski definition) is 2. The average Bonchev–Trinajstić information content (AvgIpc) is 2.16. The van der Waals surface area contributed by atoms with Crippen molar-refractivity contribution in [1.29, 1.82) is 0 Å². The summed E-state index contributed by atoms with van der Waals surface area (Å²) in [4.78, 5) is 11.1. The second kappa shape index (κ2) is 6.45. The van der Waals surface area contributed by atoms with E-state index in [1.807, 2.05) is 6.92 Å². The smallest absolute Gasteiger partial charge is 0.233 e. The third kappa shape index (κ3) is 4.59. The van der Waals surface area contributed by atoms with Crippen LogP contribution < -0.4 is 10.6 Å². The number of rotatable bonds is 5. The molecule has 88 valence electrons. The molecule has 0 aliphatic heterocycles. The van der Waals surface area contributed by atoms with Gasteiger partial charge in [-0.1, -0.05) is 11.6 Å². The zero-order valence-electron chi connectivity index (χ0n) is 9.02. The Balaban J connectivity index is 2.40. The number of carbonyl (C=O) groups excluding carboxylic acids is 1. The summed E-state index contributed by atoms with van der Waals surface area (Å²) in [5.74, 6) is -0.452. The molecular weight excluding hydrogens is 231 g/mol. The van der Waals surface area contributed by atoms with Gasteiger partial charge in [-0.15, -0.1) is 0 Å². The summed E-state index contributed by atoms with van der Waals surface area (Å²) in [7, 11) is 0. The quantitative estimate of drug-likeness (QED) is 0.828. The fourth-order valence-corrected chi connectivity index (χ4v) is 1.54. The molecule has 0 bridgehead atoms. The Hall–Kier alpha value is -1.13. The lowest BCUT2D eigenvalue weighted by molar-refractivity contribution is -0.120. The average molecular weight is 245 g/mol. The highest BCUT2D eigenvalue weighted by Crippen LogP contribution is 2.13. The summed E-state index contributed by atoms with van der Waals surface area (Å²) < 4.78 is 12.9. The molecule has 1 amide bonds. The lowest BCUT2D eigenvalue weighted by atomic mass is 10.2. The SMILES string of the molecule is CCNC(=O)CNCc1cc(F)cc(Cl)c1. The van der Waals surface area contributed by atoms with E-state index in [-0.39, 0.29) is 18.3 Å². The van der Waals surface area contributed by atoms with Crippen LogP contribution in [-0.2, 0) is 11.3 Å². The Bertz CT molecular complexity index is 351. The van der Waals surface area contributed by atoms with Crippen molar-refractivity contribution in [2.24, 2.45) is 0 Å². The lowest BCUT2D eigenvalue weighted by Gasteiger charge is -2.05. The number of carbonyl (C=O) groups is 1. The van der Waals surface area contributed by atoms with E-state index in [0.29, 0.717) is 23.7 Å². The maximum Gasteiger partial charge on any atom is 0.233 e. The van der Waals surface area contributed by atoms with Crippen molar-refractivity contribution in [3.63, 3.8) is 0 Å². The largest absolute Gasteiger partial charge is 0.355 e. The van der Waals surface area contributed by atoms with E-state index in [0.717, 1.165) is 0 Å². The van der Waals surface area contributed by atoms with Crippen LogP contribution in [0.3, 0.4) is 0 Å². The molecule has 1 rings (SSSR count). The predicted octanol–water partition coefficient (Wildman–Crippen LogP) is 1.70. The highest BCUT2D eigenvalue weighted by atomic mass is 35.5. The molecule has 0 radical (unpaired) electrons. The summed E-state index contributed by atoms with van der Waals surface area (Å²) in [5.41, 5.74) is 0.717. The molecule has 16 heavy (non-hydrogen) atoms. The molecule has 5 heteroatoms. The van der Waals surface area contributed by atoms with Crippen molar-refractivity contribution in [2.75, 3.05) is 13.1 Å². The minimum Gasteiger partial charge on any atom is -0.355 e. The van der Waals surface area contributed by atoms with Crippen molar-refractivity contribution in [2.45, 2.75) is 13.5 Å². The molecule has 0 aliphatic carbocycles. The normalized spacial score (nSPS) is 10.2. The molecule has 0 aliphatic rings. The first-order chi connectivity index (χ1) is 7.61. The molecule has 0 saturated heterocycles. The monoisotopic (exact) mass is 244 g/mol. The summed E-state index contributed by atoms with van der Waals surface area (Å²) in [6.07, 6.45) is 0. The van der Waals surface area contributed by atoms with Gasteiger partial charge in [0.05, 0.1) is 6.54 Å². The minimum absolute atomic E-state index is 0.0787. The van der Waals surface area contributed by atoms with Gasteiger partial charge in [0.15, 0.2) is 0 Å². The molecule has 2 N–H and O–H groups in total. The van der Waals surface area contributed by atoms with Crippen molar-refractivity contribution >= 4 is 17.5 Å². The zero-order valence-corrected chi connectivity index (χ0v) is 9.77. The van der Waals surface area contributed by atoms with Gasteiger partial charge in [0.2, 0.25) is 5.91 Å². The topological polar surface area (TPSA) is 41.1 Å². The van der Waals surface area contributed by atoms with Gasteiger partial charge in [0, 0.05) is 18.1 Å². The summed E-state index contributed by atoms with van der Waals surface area (Å²) in [6.45, 7) is 3.08. The summed E-state index contributed by atoms with van der Waals surface area (Å²) in [5, 5.41) is 5.91. The van der Waals surface area contributed by atoms with Crippen molar-refractivity contribution in [1.82, 2.24) is 10.6 Å². The Morgan fingerprint density at radius 2 is 2.19 bits per heavy atom. The predicted molar refractivity (Wildman–Crippen MR) is 61.8 cm³/mol. The summed E-state index contributed by atoms with van der Waals surface area (Å²) in [6, 6.07) is 4.29. The van der Waals surface area contributed by atoms with Crippen molar-refractivity contribution in [3.8, 4) is 0 Å². The van der Waals surface area contributed by atoms with Crippen LogP contribution in [0.15, 0.2) is 18.2 Å². The molecular formula is C11H14ClFN2O. The summed E-state index contributed by atoms with van der Waals surface area (Å²) >= 11 is 5.69. The Kier molecular flexibility index (Phi) is 5.22. The van der Waals surface area contributed by atoms with Gasteiger partial charge in [-0.05, 0) is 30.7 Å². The molecule has 0 fully saturated rings. The van der Waals surface area contributed by atoms with E-state index in [9.17, 15) is 9.18 Å². The van der Waals surface area contributed by atoms with Crippen LogP contribution in [-0.4, -0.2) is 19.0 Å². The standard InChI is InChI=1S/C11H14ClFN2O/c1-2-15-11(16)7-14-6-8-3-9(12)5-10(13)4-8/h3-5,14H,2,6-7H2,1H3,(H,15,16). The number of likely N-dealkylation sites (N-methyl/N-ethyl adjacent to an activating group) is 1. The molecule has 0 atom stereocenters. The molecule has 1 aromatic carbocycles. The Morgan fingerprint density at radius 1 is 1.44 bits per heavy atom. The van der Waals surface area contributed by atoms with Gasteiger partial charge >= 0.3 is 0 Å². The number of amides is 1. The fraction of sp³-hybridized carbons (Fsp3) is 0.364. The van der Waals surface area contributed by atoms with E-state index >= 15 is 0 Å². The molecule has 0 heterocycles. The number of halogens is 2. The molecule has 0 saturated carbocycles. The molecule has 0 spiro atoms. The number of nitrogens with one attached hydrogen (secondary N) is 2. The van der Waals surface area contributed by atoms with Crippen LogP contribution in [0.25, 0.3) is 0 Å². The number of benzene rings is 1. The van der Waals surface area contributed by atoms with Gasteiger partial charge in [-0.3, -0.25) is 4.79 Å². The fourth-order valence-electron chi connectivity index (χ4n) is 1.29. The van der Waals surface area contributed by atoms with E-state index in [4.69, 9.17) is 11.6 Å². The molecule has 1 aromatic rings. The zero-order chi connectivity index (χ0) is 12.0. The van der Waals surface area contributed by atoms with E-state index in [1.165, 1.54) is 12.1 Å². The molecule has 0 aromatic heterocycles. The second-order valence-corrected chi connectivity index (χ2v) is 3.77.